The molecule has 0 saturated carbocycles. The number of pyridine rings is 1. The molecule has 6 heteroatoms. The predicted octanol–water partition coefficient (Wildman–Crippen LogP) is 5.39. The summed E-state index contributed by atoms with van der Waals surface area (Å²) in [6.07, 6.45) is 1.49. The Morgan fingerprint density at radius 3 is 2.66 bits per heavy atom. The Kier molecular flexibility index (Phi) is 6.18. The van der Waals surface area contributed by atoms with Crippen molar-refractivity contribution in [3.05, 3.63) is 62.2 Å². The number of carbonyl (C=O) groups is 1. The summed E-state index contributed by atoms with van der Waals surface area (Å²) < 4.78 is 7.54. The van der Waals surface area contributed by atoms with Gasteiger partial charge in [0.1, 0.15) is 5.75 Å². The molecule has 154 valence electrons. The van der Waals surface area contributed by atoms with Crippen LogP contribution >= 0.6 is 11.6 Å². The van der Waals surface area contributed by atoms with E-state index in [4.69, 9.17) is 16.3 Å². The van der Waals surface area contributed by atoms with Crippen molar-refractivity contribution in [3.63, 3.8) is 0 Å². The molecular formula is C23H27ClN2O3. The van der Waals surface area contributed by atoms with E-state index in [9.17, 15) is 9.59 Å². The molecule has 3 aromatic rings. The summed E-state index contributed by atoms with van der Waals surface area (Å²) >= 11 is 6.23. The van der Waals surface area contributed by atoms with Crippen LogP contribution in [0.5, 0.6) is 5.75 Å². The topological polar surface area (TPSA) is 64.1 Å². The largest absolute Gasteiger partial charge is 0.496 e. The number of methoxy groups -OCH3 is 1. The lowest BCUT2D eigenvalue weighted by Gasteiger charge is -2.16. The lowest BCUT2D eigenvalue weighted by molar-refractivity contribution is 0.0983. The number of halogens is 1. The van der Waals surface area contributed by atoms with Crippen molar-refractivity contribution < 1.29 is 9.53 Å². The molecule has 0 saturated heterocycles. The molecule has 0 aliphatic heterocycles. The van der Waals surface area contributed by atoms with Crippen molar-refractivity contribution in [2.45, 2.75) is 53.0 Å². The third-order valence-corrected chi connectivity index (χ3v) is 5.81. The van der Waals surface area contributed by atoms with Crippen LogP contribution in [-0.2, 0) is 6.42 Å². The molecule has 0 spiro atoms. The van der Waals surface area contributed by atoms with Crippen LogP contribution in [0.25, 0.3) is 10.9 Å². The van der Waals surface area contributed by atoms with Gasteiger partial charge in [0.2, 0.25) is 0 Å². The molecule has 0 bridgehead atoms. The minimum atomic E-state index is -0.208. The van der Waals surface area contributed by atoms with Crippen LogP contribution in [0.15, 0.2) is 29.1 Å². The number of nitrogens with zero attached hydrogens (tertiary/aromatic N) is 1. The summed E-state index contributed by atoms with van der Waals surface area (Å²) in [5.74, 6) is 0.531. The molecule has 0 amide bonds. The molecule has 1 N–H and O–H groups in total. The van der Waals surface area contributed by atoms with Crippen molar-refractivity contribution in [2.24, 2.45) is 0 Å². The van der Waals surface area contributed by atoms with Gasteiger partial charge in [-0.25, -0.2) is 0 Å². The number of hydrogen-bond acceptors (Lipinski definition) is 3. The van der Waals surface area contributed by atoms with Crippen LogP contribution in [-0.4, -0.2) is 22.4 Å². The molecule has 1 atom stereocenters. The highest BCUT2D eigenvalue weighted by Crippen LogP contribution is 2.33. The third-order valence-electron chi connectivity index (χ3n) is 5.57. The highest BCUT2D eigenvalue weighted by Gasteiger charge is 2.22. The number of aryl methyl sites for hydroxylation is 1. The maximum Gasteiger partial charge on any atom is 0.255 e. The van der Waals surface area contributed by atoms with Crippen LogP contribution in [0.2, 0.25) is 5.02 Å². The normalized spacial score (nSPS) is 12.3. The predicted molar refractivity (Wildman–Crippen MR) is 118 cm³/mol. The van der Waals surface area contributed by atoms with Gasteiger partial charge in [0.05, 0.1) is 18.2 Å². The van der Waals surface area contributed by atoms with E-state index in [1.807, 2.05) is 25.1 Å². The van der Waals surface area contributed by atoms with Gasteiger partial charge in [0, 0.05) is 39.8 Å². The van der Waals surface area contributed by atoms with Crippen LogP contribution in [0, 0.1) is 13.8 Å². The van der Waals surface area contributed by atoms with E-state index in [2.05, 4.69) is 23.4 Å². The zero-order valence-corrected chi connectivity index (χ0v) is 18.3. The van der Waals surface area contributed by atoms with Gasteiger partial charge >= 0.3 is 0 Å². The molecule has 1 unspecified atom stereocenters. The quantitative estimate of drug-likeness (QED) is 0.527. The summed E-state index contributed by atoms with van der Waals surface area (Å²) in [6, 6.07) is 7.67. The number of aromatic amines is 1. The molecule has 5 nitrogen and oxygen atoms in total. The molecule has 0 aliphatic rings. The van der Waals surface area contributed by atoms with Gasteiger partial charge in [-0.3, -0.25) is 9.59 Å². The van der Waals surface area contributed by atoms with E-state index < -0.39 is 0 Å². The second-order valence-corrected chi connectivity index (χ2v) is 7.94. The number of aromatic nitrogens is 2. The van der Waals surface area contributed by atoms with E-state index in [0.717, 1.165) is 28.7 Å². The molecule has 0 radical (unpaired) electrons. The number of carbonyl (C=O) groups excluding carboxylic acids is 1. The Bertz CT molecular complexity index is 1130. The van der Waals surface area contributed by atoms with Gasteiger partial charge in [-0.2, -0.15) is 0 Å². The minimum absolute atomic E-state index is 0.0129. The first kappa shape index (κ1) is 21.2. The molecule has 0 fully saturated rings. The van der Waals surface area contributed by atoms with Crippen molar-refractivity contribution in [3.8, 4) is 5.75 Å². The van der Waals surface area contributed by atoms with Crippen LogP contribution in [0.1, 0.15) is 60.0 Å². The Hall–Kier alpha value is -2.53. The molecule has 2 heterocycles. The van der Waals surface area contributed by atoms with Gasteiger partial charge in [-0.1, -0.05) is 24.6 Å². The first-order valence-corrected chi connectivity index (χ1v) is 10.3. The number of benzene rings is 1. The average molecular weight is 415 g/mol. The van der Waals surface area contributed by atoms with Crippen LogP contribution in [0.3, 0.4) is 0 Å². The Morgan fingerprint density at radius 1 is 1.28 bits per heavy atom. The van der Waals surface area contributed by atoms with Crippen molar-refractivity contribution in [1.82, 2.24) is 9.55 Å². The smallest absolute Gasteiger partial charge is 0.255 e. The average Bonchev–Trinajstić information content (AvgIpc) is 2.96. The number of nitrogens with one attached hydrogen (secondary N) is 1. The van der Waals surface area contributed by atoms with Gasteiger partial charge in [-0.15, -0.1) is 0 Å². The lowest BCUT2D eigenvalue weighted by atomic mass is 10.0. The molecule has 29 heavy (non-hydrogen) atoms. The minimum Gasteiger partial charge on any atom is -0.496 e. The number of fused-ring (bicyclic) bond motifs is 1. The summed E-state index contributed by atoms with van der Waals surface area (Å²) in [5, 5.41) is 1.55. The van der Waals surface area contributed by atoms with E-state index in [0.29, 0.717) is 28.3 Å². The fourth-order valence-corrected chi connectivity index (χ4v) is 4.15. The highest BCUT2D eigenvalue weighted by molar-refractivity contribution is 6.31. The van der Waals surface area contributed by atoms with E-state index in [1.165, 1.54) is 7.11 Å². The SMILES string of the molecule is CCC(C)n1c(C)c(C(=O)CCc2c(OC)cc(C)[nH]c2=O)c2ccc(Cl)cc21. The molecule has 3 rings (SSSR count). The van der Waals surface area contributed by atoms with E-state index >= 15 is 0 Å². The van der Waals surface area contributed by atoms with E-state index in [1.54, 1.807) is 13.0 Å². The maximum atomic E-state index is 13.2. The fraction of sp³-hybridized carbons (Fsp3) is 0.391. The van der Waals surface area contributed by atoms with Crippen LogP contribution < -0.4 is 10.3 Å². The summed E-state index contributed by atoms with van der Waals surface area (Å²) in [5.41, 5.74) is 3.63. The second-order valence-electron chi connectivity index (χ2n) is 7.50. The van der Waals surface area contributed by atoms with Crippen molar-refractivity contribution >= 4 is 28.3 Å². The Morgan fingerprint density at radius 2 is 2.00 bits per heavy atom. The van der Waals surface area contributed by atoms with Gasteiger partial charge < -0.3 is 14.3 Å². The summed E-state index contributed by atoms with van der Waals surface area (Å²) in [7, 11) is 1.53. The molecule has 1 aromatic carbocycles. The maximum absolute atomic E-state index is 13.2. The standard InChI is InChI=1S/C23H27ClN2O3/c1-6-14(3)26-15(4)22(17-8-7-16(24)12-19(17)26)20(27)10-9-18-21(29-5)11-13(2)25-23(18)28/h7-8,11-12,14H,6,9-10H2,1-5H3,(H,25,28). The molecule has 0 aliphatic carbocycles. The zero-order chi connectivity index (χ0) is 21.3. The third kappa shape index (κ3) is 3.97. The van der Waals surface area contributed by atoms with Crippen LogP contribution in [0.4, 0.5) is 0 Å². The number of ether oxygens (including phenoxy) is 1. The highest BCUT2D eigenvalue weighted by atomic mass is 35.5. The van der Waals surface area contributed by atoms with E-state index in [-0.39, 0.29) is 23.8 Å². The van der Waals surface area contributed by atoms with Gasteiger partial charge in [-0.05, 0) is 51.8 Å². The van der Waals surface area contributed by atoms with Crippen molar-refractivity contribution in [1.29, 1.82) is 0 Å². The molecule has 2 aromatic heterocycles. The van der Waals surface area contributed by atoms with Crippen molar-refractivity contribution in [2.75, 3.05) is 7.11 Å². The molecular weight excluding hydrogens is 388 g/mol. The first-order chi connectivity index (χ1) is 13.8. The second kappa shape index (κ2) is 8.46. The summed E-state index contributed by atoms with van der Waals surface area (Å²) in [6.45, 7) is 8.04. The number of ketones is 1. The number of rotatable bonds is 7. The number of hydrogen-bond donors (Lipinski definition) is 1. The first-order valence-electron chi connectivity index (χ1n) is 9.88. The monoisotopic (exact) mass is 414 g/mol. The number of Topliss-reactive ketones (excluding diaryl/α,β-unsaturated/α-hetero) is 1. The fourth-order valence-electron chi connectivity index (χ4n) is 3.98. The lowest BCUT2D eigenvalue weighted by Crippen LogP contribution is -2.17. The zero-order valence-electron chi connectivity index (χ0n) is 17.6. The Balaban J connectivity index is 2.01. The van der Waals surface area contributed by atoms with Gasteiger partial charge in [0.15, 0.2) is 5.78 Å². The van der Waals surface area contributed by atoms with Gasteiger partial charge in [0.25, 0.3) is 5.56 Å². The summed E-state index contributed by atoms with van der Waals surface area (Å²) in [4.78, 5) is 28.4. The number of H-pyrrole nitrogens is 1. The Labute approximate surface area is 175 Å².